The highest BCUT2D eigenvalue weighted by atomic mass is 16.3. The Hall–Kier alpha value is -2.14. The van der Waals surface area contributed by atoms with Gasteiger partial charge in [0, 0.05) is 19.0 Å². The van der Waals surface area contributed by atoms with Gasteiger partial charge in [0.05, 0.1) is 11.6 Å². The Labute approximate surface area is 160 Å². The molecule has 1 unspecified atom stereocenters. The van der Waals surface area contributed by atoms with Crippen LogP contribution in [0, 0.1) is 12.8 Å². The van der Waals surface area contributed by atoms with Crippen molar-refractivity contribution in [2.75, 3.05) is 26.2 Å². The van der Waals surface area contributed by atoms with Crippen molar-refractivity contribution >= 4 is 11.7 Å². The van der Waals surface area contributed by atoms with E-state index in [-0.39, 0.29) is 17.5 Å². The first kappa shape index (κ1) is 18.2. The largest absolute Gasteiger partial charge is 0.503 e. The predicted molar refractivity (Wildman–Crippen MR) is 103 cm³/mol. The molecule has 1 saturated carbocycles. The second-order valence-corrected chi connectivity index (χ2v) is 8.11. The number of aliphatic hydroxyl groups is 1. The van der Waals surface area contributed by atoms with Crippen LogP contribution in [0.2, 0.25) is 0 Å². The standard InChI is InChI=1S/C22H28N2O3/c1-15-5-7-16(8-6-15)19-18(20(25)17-9-10-17)21(26)22(27)24(19)14-13-23-11-3-2-4-12-23/h5-8,17,19,26H,2-4,9-14H2,1H3. The minimum absolute atomic E-state index is 0.0232. The molecule has 1 amide bonds. The van der Waals surface area contributed by atoms with Gasteiger partial charge < -0.3 is 14.9 Å². The lowest BCUT2D eigenvalue weighted by molar-refractivity contribution is -0.129. The number of piperidine rings is 1. The van der Waals surface area contributed by atoms with Crippen LogP contribution in [0.25, 0.3) is 0 Å². The SMILES string of the molecule is Cc1ccc(C2C(C(=O)C3CC3)=C(O)C(=O)N2CCN2CCCCC2)cc1. The van der Waals surface area contributed by atoms with Crippen LogP contribution in [0.4, 0.5) is 0 Å². The number of aliphatic hydroxyl groups excluding tert-OH is 1. The number of benzene rings is 1. The van der Waals surface area contributed by atoms with E-state index in [9.17, 15) is 14.7 Å². The minimum atomic E-state index is -0.462. The van der Waals surface area contributed by atoms with Crippen LogP contribution in [-0.2, 0) is 9.59 Å². The van der Waals surface area contributed by atoms with E-state index in [1.807, 2.05) is 31.2 Å². The molecule has 1 N–H and O–H groups in total. The number of carbonyl (C=O) groups excluding carboxylic acids is 2. The van der Waals surface area contributed by atoms with Crippen molar-refractivity contribution in [3.8, 4) is 0 Å². The molecule has 2 aliphatic heterocycles. The van der Waals surface area contributed by atoms with Gasteiger partial charge in [-0.05, 0) is 51.3 Å². The first-order valence-electron chi connectivity index (χ1n) is 10.1. The molecule has 4 rings (SSSR count). The monoisotopic (exact) mass is 368 g/mol. The number of aryl methyl sites for hydroxylation is 1. The summed E-state index contributed by atoms with van der Waals surface area (Å²) >= 11 is 0. The lowest BCUT2D eigenvalue weighted by Crippen LogP contribution is -2.40. The molecule has 144 valence electrons. The highest BCUT2D eigenvalue weighted by molar-refractivity contribution is 6.10. The van der Waals surface area contributed by atoms with Gasteiger partial charge in [0.25, 0.3) is 5.91 Å². The fraction of sp³-hybridized carbons (Fsp3) is 0.545. The number of likely N-dealkylation sites (tertiary alicyclic amines) is 1. The number of rotatable bonds is 6. The lowest BCUT2D eigenvalue weighted by atomic mass is 9.93. The van der Waals surface area contributed by atoms with Gasteiger partial charge in [-0.15, -0.1) is 0 Å². The van der Waals surface area contributed by atoms with Crippen LogP contribution in [-0.4, -0.2) is 52.8 Å². The quantitative estimate of drug-likeness (QED) is 0.838. The average Bonchev–Trinajstić information content (AvgIpc) is 3.50. The van der Waals surface area contributed by atoms with E-state index in [4.69, 9.17) is 0 Å². The van der Waals surface area contributed by atoms with E-state index in [1.54, 1.807) is 4.90 Å². The molecule has 1 aromatic carbocycles. The maximum atomic E-state index is 12.9. The zero-order valence-electron chi connectivity index (χ0n) is 16.0. The number of ketones is 1. The second-order valence-electron chi connectivity index (χ2n) is 8.11. The van der Waals surface area contributed by atoms with E-state index in [1.165, 1.54) is 19.3 Å². The Morgan fingerprint density at radius 2 is 1.74 bits per heavy atom. The molecule has 2 fully saturated rings. The summed E-state index contributed by atoms with van der Waals surface area (Å²) in [5, 5.41) is 10.6. The van der Waals surface area contributed by atoms with Gasteiger partial charge in [0.15, 0.2) is 11.5 Å². The second kappa shape index (κ2) is 7.47. The summed E-state index contributed by atoms with van der Waals surface area (Å²) in [6.45, 7) is 5.45. The normalized spacial score (nSPS) is 24.0. The van der Waals surface area contributed by atoms with Gasteiger partial charge in [-0.1, -0.05) is 36.2 Å². The molecule has 3 aliphatic rings. The smallest absolute Gasteiger partial charge is 0.290 e. The number of hydrogen-bond donors (Lipinski definition) is 1. The highest BCUT2D eigenvalue weighted by Crippen LogP contribution is 2.43. The molecule has 0 radical (unpaired) electrons. The highest BCUT2D eigenvalue weighted by Gasteiger charge is 2.46. The fourth-order valence-corrected chi connectivity index (χ4v) is 4.23. The van der Waals surface area contributed by atoms with Crippen molar-refractivity contribution < 1.29 is 14.7 Å². The number of Topliss-reactive ketones (excluding diaryl/α,β-unsaturated/α-hetero) is 1. The molecule has 1 aliphatic carbocycles. The third-order valence-electron chi connectivity index (χ3n) is 6.02. The van der Waals surface area contributed by atoms with Crippen LogP contribution in [0.15, 0.2) is 35.6 Å². The number of nitrogens with zero attached hydrogens (tertiary/aromatic N) is 2. The van der Waals surface area contributed by atoms with Crippen molar-refractivity contribution in [2.24, 2.45) is 5.92 Å². The van der Waals surface area contributed by atoms with Gasteiger partial charge in [0.1, 0.15) is 0 Å². The van der Waals surface area contributed by atoms with Crippen molar-refractivity contribution in [3.63, 3.8) is 0 Å². The summed E-state index contributed by atoms with van der Waals surface area (Å²) in [6.07, 6.45) is 5.39. The molecule has 1 atom stereocenters. The van der Waals surface area contributed by atoms with E-state index in [0.29, 0.717) is 12.1 Å². The van der Waals surface area contributed by atoms with E-state index in [0.717, 1.165) is 43.6 Å². The van der Waals surface area contributed by atoms with E-state index >= 15 is 0 Å². The number of hydrogen-bond acceptors (Lipinski definition) is 4. The molecule has 5 heteroatoms. The molecule has 0 spiro atoms. The van der Waals surface area contributed by atoms with Crippen LogP contribution < -0.4 is 0 Å². The molecule has 0 bridgehead atoms. The Morgan fingerprint density at radius 1 is 1.07 bits per heavy atom. The zero-order valence-corrected chi connectivity index (χ0v) is 16.0. The Kier molecular flexibility index (Phi) is 5.04. The Balaban J connectivity index is 1.61. The fourth-order valence-electron chi connectivity index (χ4n) is 4.23. The first-order valence-corrected chi connectivity index (χ1v) is 10.1. The number of carbonyl (C=O) groups is 2. The molecular formula is C22H28N2O3. The van der Waals surface area contributed by atoms with Gasteiger partial charge in [-0.25, -0.2) is 0 Å². The van der Waals surface area contributed by atoms with Gasteiger partial charge in [-0.2, -0.15) is 0 Å². The minimum Gasteiger partial charge on any atom is -0.503 e. The summed E-state index contributed by atoms with van der Waals surface area (Å²) in [4.78, 5) is 29.8. The Bertz CT molecular complexity index is 758. The summed E-state index contributed by atoms with van der Waals surface area (Å²) < 4.78 is 0. The topological polar surface area (TPSA) is 60.9 Å². The molecule has 0 aromatic heterocycles. The maximum Gasteiger partial charge on any atom is 0.290 e. The summed E-state index contributed by atoms with van der Waals surface area (Å²) in [5.74, 6) is -0.811. The van der Waals surface area contributed by atoms with Crippen LogP contribution >= 0.6 is 0 Å². The van der Waals surface area contributed by atoms with Gasteiger partial charge >= 0.3 is 0 Å². The van der Waals surface area contributed by atoms with Gasteiger partial charge in [-0.3, -0.25) is 9.59 Å². The lowest BCUT2D eigenvalue weighted by Gasteiger charge is -2.31. The first-order chi connectivity index (χ1) is 13.1. The Morgan fingerprint density at radius 3 is 2.37 bits per heavy atom. The molecule has 2 heterocycles. The summed E-state index contributed by atoms with van der Waals surface area (Å²) in [5.41, 5.74) is 2.34. The van der Waals surface area contributed by atoms with Crippen molar-refractivity contribution in [2.45, 2.75) is 45.1 Å². The molecule has 27 heavy (non-hydrogen) atoms. The van der Waals surface area contributed by atoms with Crippen molar-refractivity contribution in [1.29, 1.82) is 0 Å². The van der Waals surface area contributed by atoms with Crippen molar-refractivity contribution in [3.05, 3.63) is 46.7 Å². The van der Waals surface area contributed by atoms with Crippen LogP contribution in [0.5, 0.6) is 0 Å². The molecule has 1 saturated heterocycles. The maximum absolute atomic E-state index is 12.9. The summed E-state index contributed by atoms with van der Waals surface area (Å²) in [6, 6.07) is 7.48. The molecule has 5 nitrogen and oxygen atoms in total. The van der Waals surface area contributed by atoms with Crippen LogP contribution in [0.3, 0.4) is 0 Å². The molecule has 1 aromatic rings. The predicted octanol–water partition coefficient (Wildman–Crippen LogP) is 3.16. The zero-order chi connectivity index (χ0) is 19.0. The van der Waals surface area contributed by atoms with Gasteiger partial charge in [0.2, 0.25) is 0 Å². The van der Waals surface area contributed by atoms with E-state index < -0.39 is 11.9 Å². The average molecular weight is 368 g/mol. The van der Waals surface area contributed by atoms with Crippen LogP contribution in [0.1, 0.15) is 49.3 Å². The van der Waals surface area contributed by atoms with E-state index in [2.05, 4.69) is 4.90 Å². The van der Waals surface area contributed by atoms with Crippen molar-refractivity contribution in [1.82, 2.24) is 9.80 Å². The third kappa shape index (κ3) is 3.65. The summed E-state index contributed by atoms with van der Waals surface area (Å²) in [7, 11) is 0. The molecular weight excluding hydrogens is 340 g/mol. The third-order valence-corrected chi connectivity index (χ3v) is 6.02. The number of amides is 1.